The van der Waals surface area contributed by atoms with E-state index in [0.29, 0.717) is 18.8 Å². The van der Waals surface area contributed by atoms with Crippen LogP contribution in [0.5, 0.6) is 17.2 Å². The summed E-state index contributed by atoms with van der Waals surface area (Å²) in [6.45, 7) is 7.02. The van der Waals surface area contributed by atoms with Gasteiger partial charge in [-0.1, -0.05) is 65.7 Å². The fourth-order valence-electron chi connectivity index (χ4n) is 3.34. The molecule has 0 fully saturated rings. The Kier molecular flexibility index (Phi) is 12.2. The Balaban J connectivity index is 3.18. The highest BCUT2D eigenvalue weighted by atomic mass is 16.7. The first-order valence-electron chi connectivity index (χ1n) is 11.0. The maximum atomic E-state index is 11.1. The molecule has 1 aromatic carbocycles. The number of hydrogen-bond acceptors (Lipinski definition) is 4. The standard InChI is InChI=1S/C23H38O5/c1-4-7-10-12-14-18-19(15-13-11-8-5-2)22(24)21(28-23(25)26)17-20(18)27-16-9-6-3/h17,24H,4-16H2,1-3H3,(H,25,26). The summed E-state index contributed by atoms with van der Waals surface area (Å²) in [5.41, 5.74) is 1.80. The van der Waals surface area contributed by atoms with Crippen LogP contribution >= 0.6 is 0 Å². The van der Waals surface area contributed by atoms with Crippen molar-refractivity contribution in [2.24, 2.45) is 0 Å². The molecule has 1 aromatic rings. The zero-order valence-electron chi connectivity index (χ0n) is 17.9. The lowest BCUT2D eigenvalue weighted by atomic mass is 9.94. The first-order chi connectivity index (χ1) is 13.5. The van der Waals surface area contributed by atoms with Crippen molar-refractivity contribution in [3.63, 3.8) is 0 Å². The number of carboxylic acid groups (broad SMARTS) is 1. The molecule has 0 aliphatic carbocycles. The van der Waals surface area contributed by atoms with Gasteiger partial charge < -0.3 is 19.7 Å². The Morgan fingerprint density at radius 3 is 1.93 bits per heavy atom. The molecule has 28 heavy (non-hydrogen) atoms. The second-order valence-corrected chi connectivity index (χ2v) is 7.37. The van der Waals surface area contributed by atoms with Gasteiger partial charge in [-0.15, -0.1) is 0 Å². The number of carbonyl (C=O) groups is 1. The number of rotatable bonds is 15. The van der Waals surface area contributed by atoms with Crippen molar-refractivity contribution in [1.82, 2.24) is 0 Å². The molecule has 0 amide bonds. The van der Waals surface area contributed by atoms with Crippen molar-refractivity contribution >= 4 is 6.16 Å². The molecule has 0 aromatic heterocycles. The summed E-state index contributed by atoms with van der Waals surface area (Å²) < 4.78 is 10.8. The van der Waals surface area contributed by atoms with Crippen LogP contribution in [0.1, 0.15) is 96.1 Å². The average molecular weight is 395 g/mol. The van der Waals surface area contributed by atoms with E-state index in [4.69, 9.17) is 14.6 Å². The molecule has 2 N–H and O–H groups in total. The molecule has 160 valence electrons. The molecule has 5 heteroatoms. The van der Waals surface area contributed by atoms with Crippen LogP contribution in [-0.4, -0.2) is 23.0 Å². The molecular formula is C23H38O5. The highest BCUT2D eigenvalue weighted by Gasteiger charge is 2.21. The molecule has 0 spiro atoms. The van der Waals surface area contributed by atoms with Gasteiger partial charge in [-0.3, -0.25) is 0 Å². The smallest absolute Gasteiger partial charge is 0.504 e. The van der Waals surface area contributed by atoms with Crippen LogP contribution in [-0.2, 0) is 12.8 Å². The highest BCUT2D eigenvalue weighted by Crippen LogP contribution is 2.41. The molecular weight excluding hydrogens is 356 g/mol. The van der Waals surface area contributed by atoms with Crippen LogP contribution in [0.3, 0.4) is 0 Å². The summed E-state index contributed by atoms with van der Waals surface area (Å²) in [4.78, 5) is 11.1. The topological polar surface area (TPSA) is 76.0 Å². The maximum Gasteiger partial charge on any atom is 0.511 e. The number of benzene rings is 1. The summed E-state index contributed by atoms with van der Waals surface area (Å²) in [5, 5.41) is 19.8. The van der Waals surface area contributed by atoms with Crippen molar-refractivity contribution in [2.45, 2.75) is 97.8 Å². The first-order valence-corrected chi connectivity index (χ1v) is 11.0. The van der Waals surface area contributed by atoms with Crippen LogP contribution < -0.4 is 9.47 Å². The fourth-order valence-corrected chi connectivity index (χ4v) is 3.34. The number of aromatic hydroxyl groups is 1. The van der Waals surface area contributed by atoms with Gasteiger partial charge in [0.15, 0.2) is 11.5 Å². The Labute approximate surface area is 170 Å². The Hall–Kier alpha value is -1.91. The predicted molar refractivity (Wildman–Crippen MR) is 113 cm³/mol. The summed E-state index contributed by atoms with van der Waals surface area (Å²) in [6.07, 6.45) is 10.9. The van der Waals surface area contributed by atoms with Gasteiger partial charge in [0.1, 0.15) is 5.75 Å². The number of phenols is 1. The summed E-state index contributed by atoms with van der Waals surface area (Å²) in [5.74, 6) is 0.582. The largest absolute Gasteiger partial charge is 0.511 e. The third-order valence-corrected chi connectivity index (χ3v) is 4.96. The van der Waals surface area contributed by atoms with E-state index in [2.05, 4.69) is 20.8 Å². The highest BCUT2D eigenvalue weighted by molar-refractivity contribution is 5.66. The van der Waals surface area contributed by atoms with Crippen LogP contribution in [0, 0.1) is 0 Å². The second-order valence-electron chi connectivity index (χ2n) is 7.37. The zero-order chi connectivity index (χ0) is 20.8. The van der Waals surface area contributed by atoms with Gasteiger partial charge in [-0.25, -0.2) is 4.79 Å². The van der Waals surface area contributed by atoms with Crippen molar-refractivity contribution in [3.8, 4) is 17.2 Å². The minimum atomic E-state index is -1.43. The molecule has 0 aliphatic heterocycles. The van der Waals surface area contributed by atoms with Crippen LogP contribution in [0.4, 0.5) is 4.79 Å². The summed E-state index contributed by atoms with van der Waals surface area (Å²) >= 11 is 0. The molecule has 1 rings (SSSR count). The number of phenolic OH excluding ortho intramolecular Hbond substituents is 1. The third kappa shape index (κ3) is 8.41. The van der Waals surface area contributed by atoms with E-state index >= 15 is 0 Å². The summed E-state index contributed by atoms with van der Waals surface area (Å²) in [7, 11) is 0. The lowest BCUT2D eigenvalue weighted by Gasteiger charge is -2.19. The normalized spacial score (nSPS) is 10.8. The van der Waals surface area contributed by atoms with Crippen LogP contribution in [0.25, 0.3) is 0 Å². The molecule has 0 aliphatic rings. The Bertz CT molecular complexity index is 583. The quantitative estimate of drug-likeness (QED) is 0.193. The number of unbranched alkanes of at least 4 members (excludes halogenated alkanes) is 7. The van der Waals surface area contributed by atoms with Crippen molar-refractivity contribution in [1.29, 1.82) is 0 Å². The Morgan fingerprint density at radius 1 is 0.821 bits per heavy atom. The minimum Gasteiger partial charge on any atom is -0.504 e. The monoisotopic (exact) mass is 394 g/mol. The number of ether oxygens (including phenoxy) is 2. The molecule has 0 heterocycles. The molecule has 0 bridgehead atoms. The van der Waals surface area contributed by atoms with Crippen LogP contribution in [0.15, 0.2) is 6.07 Å². The zero-order valence-corrected chi connectivity index (χ0v) is 17.9. The van der Waals surface area contributed by atoms with Crippen molar-refractivity contribution < 1.29 is 24.5 Å². The predicted octanol–water partition coefficient (Wildman–Crippen LogP) is 6.87. The Morgan fingerprint density at radius 2 is 1.39 bits per heavy atom. The molecule has 0 saturated heterocycles. The van der Waals surface area contributed by atoms with Gasteiger partial charge in [-0.05, 0) is 32.1 Å². The average Bonchev–Trinajstić information content (AvgIpc) is 2.66. The van der Waals surface area contributed by atoms with Crippen molar-refractivity contribution in [2.75, 3.05) is 6.61 Å². The van der Waals surface area contributed by atoms with E-state index in [1.807, 2.05) is 0 Å². The van der Waals surface area contributed by atoms with E-state index in [-0.39, 0.29) is 11.5 Å². The van der Waals surface area contributed by atoms with Gasteiger partial charge in [0.2, 0.25) is 0 Å². The van der Waals surface area contributed by atoms with E-state index < -0.39 is 6.16 Å². The molecule has 0 atom stereocenters. The molecule has 5 nitrogen and oxygen atoms in total. The fraction of sp³-hybridized carbons (Fsp3) is 0.696. The van der Waals surface area contributed by atoms with Gasteiger partial charge in [0.25, 0.3) is 0 Å². The van der Waals surface area contributed by atoms with E-state index in [1.165, 1.54) is 12.8 Å². The van der Waals surface area contributed by atoms with E-state index in [0.717, 1.165) is 68.9 Å². The van der Waals surface area contributed by atoms with Gasteiger partial charge in [0.05, 0.1) is 6.61 Å². The SMILES string of the molecule is CCCCCCc1c(OCCCC)cc(OC(=O)O)c(O)c1CCCCCC. The van der Waals surface area contributed by atoms with Crippen LogP contribution in [0.2, 0.25) is 0 Å². The lowest BCUT2D eigenvalue weighted by molar-refractivity contribution is 0.142. The van der Waals surface area contributed by atoms with Gasteiger partial charge in [0, 0.05) is 17.2 Å². The van der Waals surface area contributed by atoms with E-state index in [9.17, 15) is 9.90 Å². The minimum absolute atomic E-state index is 0.0261. The number of hydrogen-bond donors (Lipinski definition) is 2. The van der Waals surface area contributed by atoms with Crippen molar-refractivity contribution in [3.05, 3.63) is 17.2 Å². The maximum absolute atomic E-state index is 11.1. The molecule has 0 unspecified atom stereocenters. The third-order valence-electron chi connectivity index (χ3n) is 4.96. The van der Waals surface area contributed by atoms with Gasteiger partial charge >= 0.3 is 6.16 Å². The lowest BCUT2D eigenvalue weighted by Crippen LogP contribution is -2.08. The van der Waals surface area contributed by atoms with Gasteiger partial charge in [-0.2, -0.15) is 0 Å². The van der Waals surface area contributed by atoms with E-state index in [1.54, 1.807) is 6.07 Å². The molecule has 0 radical (unpaired) electrons. The first kappa shape index (κ1) is 24.1. The summed E-state index contributed by atoms with van der Waals surface area (Å²) in [6, 6.07) is 1.55. The second kappa shape index (κ2) is 14.1. The molecule has 0 saturated carbocycles.